The first kappa shape index (κ1) is 13.2. The molecule has 3 rings (SSSR count). The smallest absolute Gasteiger partial charge is 0.272 e. The number of aromatic nitrogens is 1. The Balaban J connectivity index is 2.24. The summed E-state index contributed by atoms with van der Waals surface area (Å²) in [7, 11) is 0. The van der Waals surface area contributed by atoms with Crippen LogP contribution in [0.1, 0.15) is 12.5 Å². The second-order valence-electron chi connectivity index (χ2n) is 4.56. The Hall–Kier alpha value is -2.76. The minimum atomic E-state index is -0.476. The summed E-state index contributed by atoms with van der Waals surface area (Å²) < 4.78 is 19.4. The summed E-state index contributed by atoms with van der Waals surface area (Å²) in [5.74, 6) is -0.324. The number of nitro benzene ring substituents is 1. The first-order valence-electron chi connectivity index (χ1n) is 6.43. The maximum atomic E-state index is 13.8. The van der Waals surface area contributed by atoms with Crippen molar-refractivity contribution in [2.24, 2.45) is 0 Å². The van der Waals surface area contributed by atoms with E-state index in [9.17, 15) is 14.5 Å². The van der Waals surface area contributed by atoms with Crippen LogP contribution in [0.4, 0.5) is 10.1 Å². The summed E-state index contributed by atoms with van der Waals surface area (Å²) in [6, 6.07) is 8.91. The van der Waals surface area contributed by atoms with E-state index in [1.807, 2.05) is 6.92 Å². The summed E-state index contributed by atoms with van der Waals surface area (Å²) >= 11 is 0. The van der Waals surface area contributed by atoms with Crippen LogP contribution in [0.3, 0.4) is 0 Å². The average molecular weight is 286 g/mol. The number of nitrogens with zero attached hydrogens (tertiary/aromatic N) is 2. The molecular formula is C15H11FN2O3. The van der Waals surface area contributed by atoms with Gasteiger partial charge in [0.25, 0.3) is 5.69 Å². The Labute approximate surface area is 119 Å². The number of fused-ring (bicyclic) bond motifs is 1. The highest BCUT2D eigenvalue weighted by Crippen LogP contribution is 2.31. The van der Waals surface area contributed by atoms with E-state index in [-0.39, 0.29) is 17.1 Å². The van der Waals surface area contributed by atoms with Crippen LogP contribution in [-0.4, -0.2) is 9.91 Å². The van der Waals surface area contributed by atoms with Gasteiger partial charge in [-0.1, -0.05) is 19.1 Å². The zero-order valence-electron chi connectivity index (χ0n) is 11.2. The van der Waals surface area contributed by atoms with Crippen LogP contribution >= 0.6 is 0 Å². The zero-order valence-corrected chi connectivity index (χ0v) is 11.2. The molecular weight excluding hydrogens is 275 g/mol. The van der Waals surface area contributed by atoms with Crippen LogP contribution in [0.15, 0.2) is 40.8 Å². The number of benzene rings is 2. The molecule has 2 aromatic carbocycles. The predicted octanol–water partition coefficient (Wildman–Crippen LogP) is 4.10. The Morgan fingerprint density at radius 1 is 1.33 bits per heavy atom. The fraction of sp³-hybridized carbons (Fsp3) is 0.133. The van der Waals surface area contributed by atoms with Gasteiger partial charge in [0.15, 0.2) is 5.58 Å². The molecule has 5 nitrogen and oxygen atoms in total. The summed E-state index contributed by atoms with van der Waals surface area (Å²) in [5, 5.41) is 10.9. The van der Waals surface area contributed by atoms with Crippen LogP contribution in [-0.2, 0) is 6.42 Å². The third kappa shape index (κ3) is 2.24. The van der Waals surface area contributed by atoms with Gasteiger partial charge < -0.3 is 4.42 Å². The highest BCUT2D eigenvalue weighted by Gasteiger charge is 2.18. The zero-order chi connectivity index (χ0) is 15.0. The van der Waals surface area contributed by atoms with Crippen molar-refractivity contribution in [2.75, 3.05) is 0 Å². The molecule has 1 aromatic heterocycles. The molecule has 0 aliphatic rings. The number of non-ortho nitro benzene ring substituents is 1. The molecule has 0 unspecified atom stereocenters. The van der Waals surface area contributed by atoms with Gasteiger partial charge in [-0.15, -0.1) is 0 Å². The van der Waals surface area contributed by atoms with Gasteiger partial charge in [-0.05, 0) is 18.6 Å². The van der Waals surface area contributed by atoms with Crippen LogP contribution in [0.2, 0.25) is 0 Å². The molecule has 3 aromatic rings. The third-order valence-corrected chi connectivity index (χ3v) is 3.25. The summed E-state index contributed by atoms with van der Waals surface area (Å²) in [4.78, 5) is 14.6. The van der Waals surface area contributed by atoms with Crippen molar-refractivity contribution >= 4 is 16.8 Å². The van der Waals surface area contributed by atoms with Crippen LogP contribution in [0.25, 0.3) is 22.6 Å². The summed E-state index contributed by atoms with van der Waals surface area (Å²) in [6.45, 7) is 1.86. The first-order valence-corrected chi connectivity index (χ1v) is 6.43. The molecule has 0 fully saturated rings. The van der Waals surface area contributed by atoms with Crippen molar-refractivity contribution in [3.63, 3.8) is 0 Å². The van der Waals surface area contributed by atoms with Crippen molar-refractivity contribution in [3.8, 4) is 11.5 Å². The highest BCUT2D eigenvalue weighted by atomic mass is 19.1. The minimum Gasteiger partial charge on any atom is -0.436 e. The molecule has 0 spiro atoms. The normalized spacial score (nSPS) is 11.0. The molecule has 0 saturated heterocycles. The van der Waals surface area contributed by atoms with Crippen LogP contribution in [0.5, 0.6) is 0 Å². The lowest BCUT2D eigenvalue weighted by Gasteiger charge is -1.98. The van der Waals surface area contributed by atoms with E-state index in [1.165, 1.54) is 18.2 Å². The van der Waals surface area contributed by atoms with Crippen LogP contribution < -0.4 is 0 Å². The molecule has 0 bridgehead atoms. The van der Waals surface area contributed by atoms with E-state index < -0.39 is 10.7 Å². The van der Waals surface area contributed by atoms with Crippen molar-refractivity contribution < 1.29 is 13.7 Å². The van der Waals surface area contributed by atoms with Crippen LogP contribution in [0, 0.1) is 15.9 Å². The predicted molar refractivity (Wildman–Crippen MR) is 75.4 cm³/mol. The van der Waals surface area contributed by atoms with E-state index in [2.05, 4.69) is 4.98 Å². The fourth-order valence-corrected chi connectivity index (χ4v) is 2.20. The molecule has 1 heterocycles. The number of hydrogen-bond acceptors (Lipinski definition) is 4. The first-order chi connectivity index (χ1) is 10.1. The molecule has 0 amide bonds. The van der Waals surface area contributed by atoms with Crippen molar-refractivity contribution in [1.82, 2.24) is 4.98 Å². The van der Waals surface area contributed by atoms with E-state index in [4.69, 9.17) is 4.42 Å². The molecule has 0 saturated carbocycles. The number of rotatable bonds is 3. The number of hydrogen-bond donors (Lipinski definition) is 0. The number of halogens is 1. The minimum absolute atomic E-state index is 0.0484. The SMILES string of the molecule is CCc1cc([N+](=O)[O-])cc2nc(-c3ccccc3F)oc12. The van der Waals surface area contributed by atoms with Crippen molar-refractivity contribution in [3.05, 3.63) is 57.9 Å². The molecule has 0 radical (unpaired) electrons. The summed E-state index contributed by atoms with van der Waals surface area (Å²) in [6.07, 6.45) is 0.560. The van der Waals surface area contributed by atoms with Gasteiger partial charge >= 0.3 is 0 Å². The van der Waals surface area contributed by atoms with Gasteiger partial charge in [-0.25, -0.2) is 9.37 Å². The van der Waals surface area contributed by atoms with Crippen molar-refractivity contribution in [2.45, 2.75) is 13.3 Å². The average Bonchev–Trinajstić information content (AvgIpc) is 2.90. The molecule has 6 heteroatoms. The quantitative estimate of drug-likeness (QED) is 0.536. The van der Waals surface area contributed by atoms with E-state index in [1.54, 1.807) is 18.2 Å². The van der Waals surface area contributed by atoms with Gasteiger partial charge in [0.1, 0.15) is 11.3 Å². The Morgan fingerprint density at radius 3 is 2.76 bits per heavy atom. The third-order valence-electron chi connectivity index (χ3n) is 3.25. The van der Waals surface area contributed by atoms with E-state index in [0.29, 0.717) is 23.1 Å². The molecule has 21 heavy (non-hydrogen) atoms. The number of aryl methyl sites for hydroxylation is 1. The van der Waals surface area contributed by atoms with E-state index >= 15 is 0 Å². The molecule has 0 atom stereocenters. The molecule has 106 valence electrons. The lowest BCUT2D eigenvalue weighted by Crippen LogP contribution is -1.90. The highest BCUT2D eigenvalue weighted by molar-refractivity contribution is 5.82. The molecule has 0 N–H and O–H groups in total. The van der Waals surface area contributed by atoms with Gasteiger partial charge in [-0.2, -0.15) is 0 Å². The second kappa shape index (κ2) is 4.97. The maximum absolute atomic E-state index is 13.8. The Morgan fingerprint density at radius 2 is 2.10 bits per heavy atom. The Kier molecular flexibility index (Phi) is 3.13. The monoisotopic (exact) mass is 286 g/mol. The topological polar surface area (TPSA) is 69.2 Å². The van der Waals surface area contributed by atoms with Gasteiger partial charge in [0, 0.05) is 17.7 Å². The van der Waals surface area contributed by atoms with Crippen molar-refractivity contribution in [1.29, 1.82) is 0 Å². The second-order valence-corrected chi connectivity index (χ2v) is 4.56. The lowest BCUT2D eigenvalue weighted by molar-refractivity contribution is -0.384. The number of nitro groups is 1. The van der Waals surface area contributed by atoms with Gasteiger partial charge in [0.05, 0.1) is 10.5 Å². The fourth-order valence-electron chi connectivity index (χ4n) is 2.20. The van der Waals surface area contributed by atoms with Gasteiger partial charge in [0.2, 0.25) is 5.89 Å². The number of oxazole rings is 1. The maximum Gasteiger partial charge on any atom is 0.272 e. The standard InChI is InChI=1S/C15H11FN2O3/c1-2-9-7-10(18(19)20)8-13-14(9)21-15(17-13)11-5-3-4-6-12(11)16/h3-8H,2H2,1H3. The summed E-state index contributed by atoms with van der Waals surface area (Å²) in [5.41, 5.74) is 1.68. The Bertz CT molecular complexity index is 842. The van der Waals surface area contributed by atoms with Gasteiger partial charge in [-0.3, -0.25) is 10.1 Å². The molecule has 0 aliphatic carbocycles. The molecule has 0 aliphatic heterocycles. The lowest BCUT2D eigenvalue weighted by atomic mass is 10.1. The van der Waals surface area contributed by atoms with E-state index in [0.717, 1.165) is 0 Å². The largest absolute Gasteiger partial charge is 0.436 e.